The second kappa shape index (κ2) is 6.44. The molecule has 2 heterocycles. The summed E-state index contributed by atoms with van der Waals surface area (Å²) in [5.74, 6) is 0.769. The molecule has 0 amide bonds. The van der Waals surface area contributed by atoms with E-state index in [1.54, 1.807) is 4.88 Å². The first-order chi connectivity index (χ1) is 9.88. The predicted octanol–water partition coefficient (Wildman–Crippen LogP) is 5.20. The van der Waals surface area contributed by atoms with Gasteiger partial charge in [0.25, 0.3) is 0 Å². The Balaban J connectivity index is 1.98. The standard InChI is InChI=1S/C18H27NS/c1-2-9-16-10-4-5-12-18(16,17-11-8-15-20-17)19-13-6-3-7-14-19/h2,8,11,15-16H,1,3-7,9-10,12-14H2. The molecule has 1 saturated carbocycles. The average molecular weight is 289 g/mol. The second-order valence-electron chi connectivity index (χ2n) is 6.42. The van der Waals surface area contributed by atoms with Crippen LogP contribution >= 0.6 is 11.3 Å². The molecule has 2 aliphatic rings. The molecule has 2 fully saturated rings. The van der Waals surface area contributed by atoms with Gasteiger partial charge in [0.15, 0.2) is 0 Å². The number of hydrogen-bond acceptors (Lipinski definition) is 2. The summed E-state index contributed by atoms with van der Waals surface area (Å²) in [6, 6.07) is 4.63. The molecular formula is C18H27NS. The molecule has 0 aromatic carbocycles. The van der Waals surface area contributed by atoms with Crippen LogP contribution < -0.4 is 0 Å². The maximum Gasteiger partial charge on any atom is 0.0585 e. The van der Waals surface area contributed by atoms with Crippen LogP contribution in [0.3, 0.4) is 0 Å². The van der Waals surface area contributed by atoms with Crippen molar-refractivity contribution in [2.75, 3.05) is 13.1 Å². The zero-order chi connectivity index (χ0) is 13.8. The number of nitrogens with zero attached hydrogens (tertiary/aromatic N) is 1. The van der Waals surface area contributed by atoms with Crippen LogP contribution in [0.15, 0.2) is 30.2 Å². The third kappa shape index (κ3) is 2.48. The molecule has 1 aromatic rings. The molecule has 1 aliphatic heterocycles. The first-order valence-electron chi connectivity index (χ1n) is 8.28. The Morgan fingerprint density at radius 2 is 2.10 bits per heavy atom. The molecular weight excluding hydrogens is 262 g/mol. The summed E-state index contributed by atoms with van der Waals surface area (Å²) < 4.78 is 0. The lowest BCUT2D eigenvalue weighted by Crippen LogP contribution is -2.54. The first kappa shape index (κ1) is 14.3. The van der Waals surface area contributed by atoms with E-state index in [1.165, 1.54) is 64.5 Å². The van der Waals surface area contributed by atoms with E-state index in [4.69, 9.17) is 0 Å². The highest BCUT2D eigenvalue weighted by Gasteiger charge is 2.46. The fourth-order valence-electron chi connectivity index (χ4n) is 4.46. The molecule has 1 nitrogen and oxygen atoms in total. The van der Waals surface area contributed by atoms with Gasteiger partial charge >= 0.3 is 0 Å². The van der Waals surface area contributed by atoms with Gasteiger partial charge in [0, 0.05) is 4.88 Å². The summed E-state index contributed by atoms with van der Waals surface area (Å²) in [5.41, 5.74) is 0.320. The number of piperidine rings is 1. The van der Waals surface area contributed by atoms with E-state index in [0.29, 0.717) is 5.54 Å². The summed E-state index contributed by atoms with van der Waals surface area (Å²) in [5, 5.41) is 2.26. The van der Waals surface area contributed by atoms with Crippen molar-refractivity contribution in [1.29, 1.82) is 0 Å². The van der Waals surface area contributed by atoms with E-state index in [0.717, 1.165) is 5.92 Å². The molecule has 1 aromatic heterocycles. The molecule has 0 spiro atoms. The molecule has 2 unspecified atom stereocenters. The minimum atomic E-state index is 0.320. The van der Waals surface area contributed by atoms with E-state index in [9.17, 15) is 0 Å². The molecule has 0 bridgehead atoms. The maximum atomic E-state index is 4.03. The van der Waals surface area contributed by atoms with Gasteiger partial charge in [-0.2, -0.15) is 0 Å². The van der Waals surface area contributed by atoms with Gasteiger partial charge in [-0.05, 0) is 62.6 Å². The Hall–Kier alpha value is -0.600. The Labute approximate surface area is 127 Å². The average Bonchev–Trinajstić information content (AvgIpc) is 3.04. The van der Waals surface area contributed by atoms with Crippen LogP contribution in [0.2, 0.25) is 0 Å². The zero-order valence-corrected chi connectivity index (χ0v) is 13.3. The van der Waals surface area contributed by atoms with Gasteiger partial charge in [-0.25, -0.2) is 0 Å². The molecule has 1 aliphatic carbocycles. The summed E-state index contributed by atoms with van der Waals surface area (Å²) in [6.07, 6.45) is 13.0. The lowest BCUT2D eigenvalue weighted by atomic mass is 9.68. The van der Waals surface area contributed by atoms with Gasteiger partial charge in [0.1, 0.15) is 0 Å². The van der Waals surface area contributed by atoms with Gasteiger partial charge in [-0.1, -0.05) is 31.4 Å². The van der Waals surface area contributed by atoms with Crippen LogP contribution in [0.25, 0.3) is 0 Å². The van der Waals surface area contributed by atoms with Crippen molar-refractivity contribution < 1.29 is 0 Å². The van der Waals surface area contributed by atoms with E-state index in [-0.39, 0.29) is 0 Å². The highest BCUT2D eigenvalue weighted by atomic mass is 32.1. The Kier molecular flexibility index (Phi) is 4.62. The number of hydrogen-bond donors (Lipinski definition) is 0. The minimum absolute atomic E-state index is 0.320. The summed E-state index contributed by atoms with van der Waals surface area (Å²) in [4.78, 5) is 4.46. The third-order valence-electron chi connectivity index (χ3n) is 5.36. The Bertz CT molecular complexity index is 419. The van der Waals surface area contributed by atoms with Crippen molar-refractivity contribution in [2.45, 2.75) is 56.9 Å². The Morgan fingerprint density at radius 1 is 1.25 bits per heavy atom. The molecule has 110 valence electrons. The lowest BCUT2D eigenvalue weighted by Gasteiger charge is -2.52. The van der Waals surface area contributed by atoms with Crippen LogP contribution in [-0.4, -0.2) is 18.0 Å². The molecule has 0 N–H and O–H groups in total. The smallest absolute Gasteiger partial charge is 0.0585 e. The fourth-order valence-corrected chi connectivity index (χ4v) is 5.52. The van der Waals surface area contributed by atoms with Crippen LogP contribution in [0.1, 0.15) is 56.2 Å². The normalized spacial score (nSPS) is 32.1. The van der Waals surface area contributed by atoms with Crippen LogP contribution in [0.5, 0.6) is 0 Å². The van der Waals surface area contributed by atoms with Gasteiger partial charge in [0.05, 0.1) is 5.54 Å². The number of likely N-dealkylation sites (tertiary alicyclic amines) is 1. The van der Waals surface area contributed by atoms with Crippen LogP contribution in [0.4, 0.5) is 0 Å². The van der Waals surface area contributed by atoms with Crippen molar-refractivity contribution in [3.63, 3.8) is 0 Å². The minimum Gasteiger partial charge on any atom is -0.293 e. The van der Waals surface area contributed by atoms with Gasteiger partial charge < -0.3 is 0 Å². The molecule has 0 radical (unpaired) electrons. The van der Waals surface area contributed by atoms with E-state index < -0.39 is 0 Å². The Morgan fingerprint density at radius 3 is 2.80 bits per heavy atom. The molecule has 2 atom stereocenters. The summed E-state index contributed by atoms with van der Waals surface area (Å²) in [7, 11) is 0. The van der Waals surface area contributed by atoms with E-state index in [1.807, 2.05) is 11.3 Å². The quantitative estimate of drug-likeness (QED) is 0.689. The third-order valence-corrected chi connectivity index (χ3v) is 6.39. The fraction of sp³-hybridized carbons (Fsp3) is 0.667. The van der Waals surface area contributed by atoms with E-state index in [2.05, 4.69) is 35.1 Å². The number of thiophene rings is 1. The monoisotopic (exact) mass is 289 g/mol. The summed E-state index contributed by atoms with van der Waals surface area (Å²) in [6.45, 7) is 6.63. The van der Waals surface area contributed by atoms with Crippen molar-refractivity contribution in [1.82, 2.24) is 4.90 Å². The van der Waals surface area contributed by atoms with E-state index >= 15 is 0 Å². The largest absolute Gasteiger partial charge is 0.293 e. The zero-order valence-electron chi connectivity index (χ0n) is 12.5. The van der Waals surface area contributed by atoms with Crippen molar-refractivity contribution >= 4 is 11.3 Å². The SMILES string of the molecule is C=CCC1CCCCC1(c1cccs1)N1CCCCC1. The molecule has 20 heavy (non-hydrogen) atoms. The summed E-state index contributed by atoms with van der Waals surface area (Å²) >= 11 is 1.98. The second-order valence-corrected chi connectivity index (χ2v) is 7.36. The predicted molar refractivity (Wildman–Crippen MR) is 88.2 cm³/mol. The van der Waals surface area contributed by atoms with Gasteiger partial charge in [-0.15, -0.1) is 17.9 Å². The van der Waals surface area contributed by atoms with Gasteiger partial charge in [0.2, 0.25) is 0 Å². The molecule has 1 saturated heterocycles. The van der Waals surface area contributed by atoms with Crippen LogP contribution in [0, 0.1) is 5.92 Å². The topological polar surface area (TPSA) is 3.24 Å². The number of allylic oxidation sites excluding steroid dienone is 1. The molecule has 3 rings (SSSR count). The van der Waals surface area contributed by atoms with Crippen molar-refractivity contribution in [3.05, 3.63) is 35.0 Å². The number of rotatable bonds is 4. The lowest BCUT2D eigenvalue weighted by molar-refractivity contribution is -0.0142. The van der Waals surface area contributed by atoms with Crippen molar-refractivity contribution in [3.8, 4) is 0 Å². The highest BCUT2D eigenvalue weighted by molar-refractivity contribution is 7.10. The first-order valence-corrected chi connectivity index (χ1v) is 9.16. The van der Waals surface area contributed by atoms with Gasteiger partial charge in [-0.3, -0.25) is 4.90 Å². The highest BCUT2D eigenvalue weighted by Crippen LogP contribution is 2.50. The maximum absolute atomic E-state index is 4.03. The van der Waals surface area contributed by atoms with Crippen LogP contribution in [-0.2, 0) is 5.54 Å². The molecule has 2 heteroatoms. The van der Waals surface area contributed by atoms with Crippen molar-refractivity contribution in [2.24, 2.45) is 5.92 Å².